The minimum Gasteiger partial charge on any atom is -0.480 e. The van der Waals surface area contributed by atoms with Crippen molar-refractivity contribution in [1.29, 1.82) is 0 Å². The van der Waals surface area contributed by atoms with Crippen LogP contribution in [0, 0.1) is 5.92 Å². The molecule has 0 saturated carbocycles. The Hall–Kier alpha value is -5.89. The lowest BCUT2D eigenvalue weighted by Gasteiger charge is -2.34. The highest BCUT2D eigenvalue weighted by Crippen LogP contribution is 2.40. The highest BCUT2D eigenvalue weighted by Gasteiger charge is 2.41. The molecule has 0 bridgehead atoms. The van der Waals surface area contributed by atoms with E-state index in [0.717, 1.165) is 51.8 Å². The van der Waals surface area contributed by atoms with Crippen molar-refractivity contribution in [1.82, 2.24) is 25.1 Å². The van der Waals surface area contributed by atoms with Crippen LogP contribution in [0.3, 0.4) is 0 Å². The van der Waals surface area contributed by atoms with Gasteiger partial charge in [0.1, 0.15) is 6.04 Å². The molecule has 0 radical (unpaired) electrons. The monoisotopic (exact) mass is 677 g/mol. The zero-order chi connectivity index (χ0) is 35.8. The van der Waals surface area contributed by atoms with Crippen LogP contribution < -0.4 is 0 Å². The van der Waals surface area contributed by atoms with Crippen molar-refractivity contribution < 1.29 is 14.7 Å². The van der Waals surface area contributed by atoms with E-state index in [4.69, 9.17) is 10.3 Å². The summed E-state index contributed by atoms with van der Waals surface area (Å²) in [6.45, 7) is 5.92. The molecule has 6 rings (SSSR count). The molecule has 0 aliphatic carbocycles. The molecular weight excluding hydrogens is 635 g/mol. The van der Waals surface area contributed by atoms with Gasteiger partial charge in [0.05, 0.1) is 0 Å². The summed E-state index contributed by atoms with van der Waals surface area (Å²) < 4.78 is 0. The van der Waals surface area contributed by atoms with Crippen LogP contribution >= 0.6 is 0 Å². The van der Waals surface area contributed by atoms with Crippen molar-refractivity contribution in [2.45, 2.75) is 58.2 Å². The van der Waals surface area contributed by atoms with Crippen molar-refractivity contribution in [3.8, 4) is 22.5 Å². The number of carboxylic acid groups (broad SMARTS) is 1. The summed E-state index contributed by atoms with van der Waals surface area (Å²) in [4.78, 5) is 28.7. The normalized spacial score (nSPS) is 12.1. The SMILES string of the molecule is CCCCC(=O)N(Cc1ccc(-c2ccccc2-c2nnn(C(c3ccccc3)(c3ccccc3)c3ccccc3)n2)cc1)C(C(=O)O)C(C)C. The Bertz CT molecular complexity index is 1950. The highest BCUT2D eigenvalue weighted by atomic mass is 16.4. The van der Waals surface area contributed by atoms with Crippen molar-refractivity contribution >= 4 is 11.9 Å². The Balaban J connectivity index is 1.39. The molecule has 6 aromatic rings. The molecule has 0 spiro atoms. The molecule has 1 aromatic heterocycles. The molecule has 258 valence electrons. The number of nitrogens with zero attached hydrogens (tertiary/aromatic N) is 5. The molecule has 1 amide bonds. The van der Waals surface area contributed by atoms with E-state index in [-0.39, 0.29) is 18.4 Å². The molecule has 1 N–H and O–H groups in total. The van der Waals surface area contributed by atoms with Gasteiger partial charge in [-0.1, -0.05) is 167 Å². The van der Waals surface area contributed by atoms with Gasteiger partial charge in [0.15, 0.2) is 5.54 Å². The van der Waals surface area contributed by atoms with Gasteiger partial charge in [0.2, 0.25) is 11.7 Å². The van der Waals surface area contributed by atoms with E-state index in [1.54, 1.807) is 4.80 Å². The first-order valence-electron chi connectivity index (χ1n) is 17.5. The molecule has 8 nitrogen and oxygen atoms in total. The van der Waals surface area contributed by atoms with E-state index in [2.05, 4.69) is 41.5 Å². The average molecular weight is 678 g/mol. The fourth-order valence-electron chi connectivity index (χ4n) is 6.86. The maximum absolute atomic E-state index is 13.2. The lowest BCUT2D eigenvalue weighted by Crippen LogP contribution is -2.47. The van der Waals surface area contributed by atoms with Crippen LogP contribution in [0.25, 0.3) is 22.5 Å². The largest absolute Gasteiger partial charge is 0.480 e. The number of unbranched alkanes of at least 4 members (excludes halogenated alkanes) is 1. The van der Waals surface area contributed by atoms with Crippen LogP contribution in [-0.2, 0) is 21.7 Å². The van der Waals surface area contributed by atoms with Gasteiger partial charge in [-0.15, -0.1) is 15.0 Å². The number of hydrogen-bond acceptors (Lipinski definition) is 5. The number of carboxylic acids is 1. The Morgan fingerprint density at radius 3 is 1.73 bits per heavy atom. The van der Waals surface area contributed by atoms with Crippen molar-refractivity contribution in [2.75, 3.05) is 0 Å². The number of benzene rings is 5. The van der Waals surface area contributed by atoms with Crippen LogP contribution in [0.15, 0.2) is 140 Å². The maximum Gasteiger partial charge on any atom is 0.326 e. The molecular formula is C43H43N5O3. The molecule has 8 heteroatoms. The molecule has 0 fully saturated rings. The summed E-state index contributed by atoms with van der Waals surface area (Å²) in [7, 11) is 0. The summed E-state index contributed by atoms with van der Waals surface area (Å²) >= 11 is 0. The molecule has 1 atom stereocenters. The lowest BCUT2D eigenvalue weighted by atomic mass is 9.77. The number of amides is 1. The molecule has 0 saturated heterocycles. The van der Waals surface area contributed by atoms with Gasteiger partial charge in [-0.05, 0) is 50.9 Å². The minimum absolute atomic E-state index is 0.140. The third-order valence-corrected chi connectivity index (χ3v) is 9.36. The number of aliphatic carboxylic acids is 1. The van der Waals surface area contributed by atoms with Crippen molar-refractivity contribution in [3.63, 3.8) is 0 Å². The molecule has 0 aliphatic rings. The first-order valence-corrected chi connectivity index (χ1v) is 17.5. The van der Waals surface area contributed by atoms with Gasteiger partial charge in [0.25, 0.3) is 0 Å². The van der Waals surface area contributed by atoms with E-state index in [0.29, 0.717) is 12.2 Å². The second-order valence-corrected chi connectivity index (χ2v) is 13.1. The van der Waals surface area contributed by atoms with Crippen LogP contribution in [-0.4, -0.2) is 48.1 Å². The summed E-state index contributed by atoms with van der Waals surface area (Å²) in [6.07, 6.45) is 1.91. The van der Waals surface area contributed by atoms with Gasteiger partial charge in [-0.2, -0.15) is 0 Å². The third kappa shape index (κ3) is 7.22. The number of carbonyl (C=O) groups excluding carboxylic acids is 1. The zero-order valence-electron chi connectivity index (χ0n) is 29.3. The minimum atomic E-state index is -0.989. The zero-order valence-corrected chi connectivity index (χ0v) is 29.3. The smallest absolute Gasteiger partial charge is 0.326 e. The van der Waals surface area contributed by atoms with E-state index in [1.807, 2.05) is 124 Å². The molecule has 5 aromatic carbocycles. The van der Waals surface area contributed by atoms with Gasteiger partial charge >= 0.3 is 5.97 Å². The first kappa shape index (κ1) is 35.0. The van der Waals surface area contributed by atoms with Crippen LogP contribution in [0.5, 0.6) is 0 Å². The van der Waals surface area contributed by atoms with Crippen LogP contribution in [0.1, 0.15) is 62.3 Å². The van der Waals surface area contributed by atoms with Crippen molar-refractivity contribution in [2.24, 2.45) is 5.92 Å². The highest BCUT2D eigenvalue weighted by molar-refractivity contribution is 5.84. The second kappa shape index (κ2) is 15.8. The van der Waals surface area contributed by atoms with Crippen LogP contribution in [0.2, 0.25) is 0 Å². The van der Waals surface area contributed by atoms with Gasteiger partial charge < -0.3 is 10.0 Å². The summed E-state index contributed by atoms with van der Waals surface area (Å²) in [5, 5.41) is 24.5. The lowest BCUT2D eigenvalue weighted by molar-refractivity contribution is -0.153. The third-order valence-electron chi connectivity index (χ3n) is 9.36. The molecule has 51 heavy (non-hydrogen) atoms. The van der Waals surface area contributed by atoms with Crippen LogP contribution in [0.4, 0.5) is 0 Å². The fourth-order valence-corrected chi connectivity index (χ4v) is 6.86. The van der Waals surface area contributed by atoms with Crippen molar-refractivity contribution in [3.05, 3.63) is 162 Å². The van der Waals surface area contributed by atoms with E-state index in [9.17, 15) is 14.7 Å². The van der Waals surface area contributed by atoms with E-state index in [1.165, 1.54) is 4.90 Å². The number of rotatable bonds is 14. The second-order valence-electron chi connectivity index (χ2n) is 13.1. The summed E-state index contributed by atoms with van der Waals surface area (Å²) in [5.74, 6) is -0.879. The summed E-state index contributed by atoms with van der Waals surface area (Å²) in [5.41, 5.74) is 5.65. The Morgan fingerprint density at radius 1 is 0.725 bits per heavy atom. The van der Waals surface area contributed by atoms with E-state index < -0.39 is 17.6 Å². The Kier molecular flexibility index (Phi) is 10.8. The quantitative estimate of drug-likeness (QED) is 0.116. The van der Waals surface area contributed by atoms with E-state index >= 15 is 0 Å². The van der Waals surface area contributed by atoms with Gasteiger partial charge in [-0.25, -0.2) is 4.79 Å². The Labute approximate surface area is 299 Å². The number of carbonyl (C=O) groups is 2. The first-order chi connectivity index (χ1) is 24.8. The maximum atomic E-state index is 13.2. The topological polar surface area (TPSA) is 101 Å². The predicted octanol–water partition coefficient (Wildman–Crippen LogP) is 8.48. The molecule has 0 aliphatic heterocycles. The fraction of sp³-hybridized carbons (Fsp3) is 0.233. The van der Waals surface area contributed by atoms with Gasteiger partial charge in [0, 0.05) is 18.5 Å². The summed E-state index contributed by atoms with van der Waals surface area (Å²) in [6, 6.07) is 45.7. The standard InChI is InChI=1S/C43H43N5O3/c1-4-5-25-39(49)47(40(31(2)3)42(50)51)30-32-26-28-33(29-27-32)37-23-15-16-24-38(37)41-44-46-48(45-41)43(34-17-9-6-10-18-34,35-19-11-7-12-20-35)36-21-13-8-14-22-36/h6-24,26-29,31,40H,4-5,25,30H2,1-3H3,(H,50,51). The molecule has 1 unspecified atom stereocenters. The molecule has 1 heterocycles. The number of aromatic nitrogens is 4. The number of hydrogen-bond donors (Lipinski definition) is 1. The Morgan fingerprint density at radius 2 is 1.24 bits per heavy atom. The van der Waals surface area contributed by atoms with Gasteiger partial charge in [-0.3, -0.25) is 4.79 Å². The number of tetrazole rings is 1. The predicted molar refractivity (Wildman–Crippen MR) is 200 cm³/mol. The average Bonchev–Trinajstić information content (AvgIpc) is 3.66.